The molecule has 1 saturated heterocycles. The summed E-state index contributed by atoms with van der Waals surface area (Å²) in [5.74, 6) is -4.45. The Balaban J connectivity index is 1.69. The molecule has 1 aliphatic carbocycles. The number of rotatable bonds is 3. The average molecular weight is 444 g/mol. The lowest BCUT2D eigenvalue weighted by molar-refractivity contribution is -0.182. The normalized spacial score (nSPS) is 29.3. The standard InChI is InChI=1S/C21H25F5N4O/c1-13-7-17(19(2)9-20(22,23)11-29(10-19)12-31)30-18(27-13)8-16(28-30)14-3-5-15(6-4-14)21(24,25)26/h7-8,12,14-15H,3-6,9-11H2,1-2H3. The SMILES string of the molecule is Cc1cc(C2(C)CN(C=O)CC(F)(F)C2)n2nc(C3CCC(C(F)(F)F)CC3)cc2n1. The number of alkyl halides is 5. The number of aromatic nitrogens is 3. The molecule has 2 fully saturated rings. The van der Waals surface area contributed by atoms with E-state index in [1.54, 1.807) is 26.0 Å². The van der Waals surface area contributed by atoms with Crippen molar-refractivity contribution in [2.45, 2.75) is 69.4 Å². The minimum absolute atomic E-state index is 0.0551. The van der Waals surface area contributed by atoms with E-state index in [-0.39, 0.29) is 25.3 Å². The first-order valence-corrected chi connectivity index (χ1v) is 10.4. The van der Waals surface area contributed by atoms with Gasteiger partial charge in [0.25, 0.3) is 5.92 Å². The van der Waals surface area contributed by atoms with E-state index in [2.05, 4.69) is 10.1 Å². The van der Waals surface area contributed by atoms with E-state index < -0.39 is 36.4 Å². The minimum atomic E-state index is -4.18. The Hall–Kier alpha value is -2.26. The summed E-state index contributed by atoms with van der Waals surface area (Å²) in [5, 5.41) is 4.60. The number of nitrogens with zero attached hydrogens (tertiary/aromatic N) is 4. The molecule has 31 heavy (non-hydrogen) atoms. The van der Waals surface area contributed by atoms with Crippen molar-refractivity contribution in [2.24, 2.45) is 5.92 Å². The van der Waals surface area contributed by atoms with Gasteiger partial charge in [-0.05, 0) is 38.7 Å². The topological polar surface area (TPSA) is 50.5 Å². The van der Waals surface area contributed by atoms with Crippen molar-refractivity contribution < 1.29 is 26.7 Å². The van der Waals surface area contributed by atoms with Crippen molar-refractivity contribution in [3.63, 3.8) is 0 Å². The van der Waals surface area contributed by atoms with Gasteiger partial charge in [0, 0.05) is 36.1 Å². The predicted molar refractivity (Wildman–Crippen MR) is 103 cm³/mol. The van der Waals surface area contributed by atoms with Crippen LogP contribution in [0.25, 0.3) is 5.65 Å². The number of likely N-dealkylation sites (tertiary alicyclic amines) is 1. The minimum Gasteiger partial charge on any atom is -0.338 e. The van der Waals surface area contributed by atoms with Crippen LogP contribution in [0, 0.1) is 12.8 Å². The fourth-order valence-corrected chi connectivity index (χ4v) is 5.19. The van der Waals surface area contributed by atoms with Crippen LogP contribution >= 0.6 is 0 Å². The van der Waals surface area contributed by atoms with Crippen LogP contribution in [-0.4, -0.2) is 51.1 Å². The van der Waals surface area contributed by atoms with E-state index >= 15 is 0 Å². The summed E-state index contributed by atoms with van der Waals surface area (Å²) in [6.07, 6.45) is -3.33. The molecule has 0 aromatic carbocycles. The lowest BCUT2D eigenvalue weighted by Gasteiger charge is -2.42. The number of hydrogen-bond acceptors (Lipinski definition) is 3. The van der Waals surface area contributed by atoms with Crippen LogP contribution in [0.3, 0.4) is 0 Å². The maximum absolute atomic E-state index is 14.4. The second-order valence-corrected chi connectivity index (χ2v) is 9.32. The Morgan fingerprint density at radius 3 is 2.42 bits per heavy atom. The zero-order valence-electron chi connectivity index (χ0n) is 17.4. The first-order chi connectivity index (χ1) is 14.4. The third-order valence-electron chi connectivity index (χ3n) is 6.59. The second-order valence-electron chi connectivity index (χ2n) is 9.32. The van der Waals surface area contributed by atoms with Crippen LogP contribution in [0.5, 0.6) is 0 Å². The lowest BCUT2D eigenvalue weighted by atomic mass is 9.77. The number of fused-ring (bicyclic) bond motifs is 1. The zero-order chi connectivity index (χ0) is 22.6. The van der Waals surface area contributed by atoms with Crippen LogP contribution in [-0.2, 0) is 10.2 Å². The first kappa shape index (κ1) is 22.0. The highest BCUT2D eigenvalue weighted by atomic mass is 19.4. The highest BCUT2D eigenvalue weighted by Gasteiger charge is 2.48. The molecule has 1 unspecified atom stereocenters. The summed E-state index contributed by atoms with van der Waals surface area (Å²) in [6, 6.07) is 3.45. The maximum atomic E-state index is 14.4. The predicted octanol–water partition coefficient (Wildman–Crippen LogP) is 4.63. The van der Waals surface area contributed by atoms with Gasteiger partial charge in [0.05, 0.1) is 23.9 Å². The molecule has 2 aromatic rings. The molecule has 1 aliphatic heterocycles. The summed E-state index contributed by atoms with van der Waals surface area (Å²) < 4.78 is 69.3. The van der Waals surface area contributed by atoms with Gasteiger partial charge in [-0.2, -0.15) is 18.3 Å². The molecule has 1 atom stereocenters. The number of piperidine rings is 1. The van der Waals surface area contributed by atoms with E-state index in [4.69, 9.17) is 0 Å². The van der Waals surface area contributed by atoms with Crippen LogP contribution in [0.1, 0.15) is 62.0 Å². The number of amides is 1. The molecule has 0 radical (unpaired) electrons. The van der Waals surface area contributed by atoms with Gasteiger partial charge < -0.3 is 4.90 Å². The zero-order valence-corrected chi connectivity index (χ0v) is 17.4. The second kappa shape index (κ2) is 7.41. The molecule has 5 nitrogen and oxygen atoms in total. The van der Waals surface area contributed by atoms with Crippen molar-refractivity contribution in [3.05, 3.63) is 29.2 Å². The Kier molecular flexibility index (Phi) is 5.25. The fraction of sp³-hybridized carbons (Fsp3) is 0.667. The number of hydrogen-bond donors (Lipinski definition) is 0. The van der Waals surface area contributed by atoms with E-state index in [1.807, 2.05) is 0 Å². The molecule has 3 heterocycles. The highest BCUT2D eigenvalue weighted by molar-refractivity contribution is 5.49. The Morgan fingerprint density at radius 2 is 1.81 bits per heavy atom. The Morgan fingerprint density at radius 1 is 1.13 bits per heavy atom. The molecule has 2 aliphatic rings. The van der Waals surface area contributed by atoms with Crippen molar-refractivity contribution in [1.82, 2.24) is 19.5 Å². The molecule has 10 heteroatoms. The van der Waals surface area contributed by atoms with E-state index in [0.717, 1.165) is 4.90 Å². The first-order valence-electron chi connectivity index (χ1n) is 10.4. The third kappa shape index (κ3) is 4.25. The smallest absolute Gasteiger partial charge is 0.338 e. The molecule has 1 saturated carbocycles. The van der Waals surface area contributed by atoms with Gasteiger partial charge in [-0.25, -0.2) is 18.3 Å². The van der Waals surface area contributed by atoms with Crippen LogP contribution in [0.15, 0.2) is 12.1 Å². The summed E-state index contributed by atoms with van der Waals surface area (Å²) in [4.78, 5) is 16.8. The quantitative estimate of drug-likeness (QED) is 0.513. The number of aryl methyl sites for hydroxylation is 1. The van der Waals surface area contributed by atoms with Crippen molar-refractivity contribution in [3.8, 4) is 0 Å². The number of carbonyl (C=O) groups excluding carboxylic acids is 1. The molecular formula is C21H25F5N4O. The largest absolute Gasteiger partial charge is 0.391 e. The van der Waals surface area contributed by atoms with Crippen molar-refractivity contribution in [2.75, 3.05) is 13.1 Å². The van der Waals surface area contributed by atoms with E-state index in [1.165, 1.54) is 4.52 Å². The molecule has 170 valence electrons. The monoisotopic (exact) mass is 444 g/mol. The molecular weight excluding hydrogens is 419 g/mol. The molecule has 1 amide bonds. The molecule has 4 rings (SSSR count). The molecule has 0 N–H and O–H groups in total. The molecule has 2 aromatic heterocycles. The number of halogens is 5. The summed E-state index contributed by atoms with van der Waals surface area (Å²) in [5.41, 5.74) is 1.22. The van der Waals surface area contributed by atoms with Gasteiger partial charge in [0.15, 0.2) is 5.65 Å². The lowest BCUT2D eigenvalue weighted by Crippen LogP contribution is -2.53. The molecule has 0 spiro atoms. The van der Waals surface area contributed by atoms with Gasteiger partial charge in [-0.1, -0.05) is 6.92 Å². The van der Waals surface area contributed by atoms with E-state index in [0.29, 0.717) is 42.0 Å². The average Bonchev–Trinajstić information content (AvgIpc) is 3.09. The van der Waals surface area contributed by atoms with Crippen molar-refractivity contribution in [1.29, 1.82) is 0 Å². The summed E-state index contributed by atoms with van der Waals surface area (Å²) >= 11 is 0. The summed E-state index contributed by atoms with van der Waals surface area (Å²) in [6.45, 7) is 2.94. The Bertz CT molecular complexity index is 980. The highest BCUT2D eigenvalue weighted by Crippen LogP contribution is 2.44. The molecule has 0 bridgehead atoms. The van der Waals surface area contributed by atoms with Gasteiger partial charge in [-0.15, -0.1) is 0 Å². The van der Waals surface area contributed by atoms with Crippen LogP contribution in [0.2, 0.25) is 0 Å². The fourth-order valence-electron chi connectivity index (χ4n) is 5.19. The van der Waals surface area contributed by atoms with Gasteiger partial charge in [0.2, 0.25) is 6.41 Å². The van der Waals surface area contributed by atoms with Crippen molar-refractivity contribution >= 4 is 12.1 Å². The van der Waals surface area contributed by atoms with Gasteiger partial charge in [0.1, 0.15) is 0 Å². The van der Waals surface area contributed by atoms with Gasteiger partial charge in [-0.3, -0.25) is 4.79 Å². The van der Waals surface area contributed by atoms with Crippen LogP contribution in [0.4, 0.5) is 22.0 Å². The Labute approximate surface area is 176 Å². The van der Waals surface area contributed by atoms with Gasteiger partial charge >= 0.3 is 6.18 Å². The third-order valence-corrected chi connectivity index (χ3v) is 6.59. The van der Waals surface area contributed by atoms with Crippen LogP contribution < -0.4 is 0 Å². The number of carbonyl (C=O) groups is 1. The summed E-state index contributed by atoms with van der Waals surface area (Å²) in [7, 11) is 0. The maximum Gasteiger partial charge on any atom is 0.391 e. The van der Waals surface area contributed by atoms with E-state index in [9.17, 15) is 26.7 Å².